The zero-order valence-electron chi connectivity index (χ0n) is 17.1. The maximum absolute atomic E-state index is 13.2. The normalized spacial score (nSPS) is 20.1. The maximum atomic E-state index is 13.2. The van der Waals surface area contributed by atoms with E-state index in [0.29, 0.717) is 48.6 Å². The smallest absolute Gasteiger partial charge is 0.257 e. The van der Waals surface area contributed by atoms with E-state index < -0.39 is 5.66 Å². The Morgan fingerprint density at radius 3 is 2.77 bits per heavy atom. The van der Waals surface area contributed by atoms with Crippen molar-refractivity contribution in [3.63, 3.8) is 0 Å². The number of para-hydroxylation sites is 1. The second-order valence-electron chi connectivity index (χ2n) is 7.66. The number of anilines is 2. The van der Waals surface area contributed by atoms with Crippen molar-refractivity contribution in [2.45, 2.75) is 38.3 Å². The zero-order valence-corrected chi connectivity index (χ0v) is 17.1. The second-order valence-corrected chi connectivity index (χ2v) is 7.66. The number of carbonyl (C=O) groups excluding carboxylic acids is 3. The van der Waals surface area contributed by atoms with Crippen LogP contribution in [-0.2, 0) is 9.59 Å². The summed E-state index contributed by atoms with van der Waals surface area (Å²) in [5, 5.41) is 2.80. The average Bonchev–Trinajstić information content (AvgIpc) is 3.06. The number of aromatic nitrogens is 1. The fourth-order valence-electron chi connectivity index (χ4n) is 4.24. The Bertz CT molecular complexity index is 991. The second kappa shape index (κ2) is 7.78. The van der Waals surface area contributed by atoms with Crippen LogP contribution in [0.4, 0.5) is 11.4 Å². The van der Waals surface area contributed by atoms with E-state index in [9.17, 15) is 14.4 Å². The summed E-state index contributed by atoms with van der Waals surface area (Å²) in [6, 6.07) is 10.6. The number of nitrogens with zero attached hydrogens (tertiary/aromatic N) is 3. The summed E-state index contributed by atoms with van der Waals surface area (Å²) in [5.41, 5.74) is 1.09. The van der Waals surface area contributed by atoms with Crippen molar-refractivity contribution in [2.24, 2.45) is 0 Å². The molecule has 1 unspecified atom stereocenters. The molecule has 8 nitrogen and oxygen atoms in total. The summed E-state index contributed by atoms with van der Waals surface area (Å²) < 4.78 is 5.00. The average molecular weight is 408 g/mol. The Morgan fingerprint density at radius 2 is 2.03 bits per heavy atom. The molecule has 2 aliphatic rings. The van der Waals surface area contributed by atoms with E-state index in [1.165, 1.54) is 13.3 Å². The largest absolute Gasteiger partial charge is 0.481 e. The van der Waals surface area contributed by atoms with Gasteiger partial charge in [-0.05, 0) is 38.0 Å². The Balaban J connectivity index is 1.43. The van der Waals surface area contributed by atoms with Gasteiger partial charge in [0.15, 0.2) is 0 Å². The standard InChI is InChI=1S/C22H24N4O4/c1-22-12-11-20(28)26(22)17-7-4-3-6-16(17)21(29)25(22)13-5-8-18(27)24-15-9-10-19(30-2)23-14-15/h3-4,6-7,9-10,14H,5,8,11-13H2,1-2H3,(H,24,27). The van der Waals surface area contributed by atoms with Gasteiger partial charge >= 0.3 is 0 Å². The van der Waals surface area contributed by atoms with E-state index in [4.69, 9.17) is 4.74 Å². The van der Waals surface area contributed by atoms with Crippen molar-refractivity contribution in [1.29, 1.82) is 0 Å². The van der Waals surface area contributed by atoms with Gasteiger partial charge < -0.3 is 15.0 Å². The van der Waals surface area contributed by atoms with E-state index in [-0.39, 0.29) is 24.1 Å². The van der Waals surface area contributed by atoms with Gasteiger partial charge in [0.25, 0.3) is 5.91 Å². The van der Waals surface area contributed by atoms with Crippen LogP contribution in [0.15, 0.2) is 42.6 Å². The lowest BCUT2D eigenvalue weighted by Crippen LogP contribution is -2.62. The Hall–Kier alpha value is -3.42. The van der Waals surface area contributed by atoms with Crippen LogP contribution in [-0.4, -0.2) is 46.9 Å². The molecule has 156 valence electrons. The molecule has 3 amide bonds. The van der Waals surface area contributed by atoms with Gasteiger partial charge in [0, 0.05) is 25.5 Å². The molecule has 0 aliphatic carbocycles. The highest BCUT2D eigenvalue weighted by atomic mass is 16.5. The highest BCUT2D eigenvalue weighted by Gasteiger charge is 2.52. The molecule has 1 aromatic heterocycles. The Kier molecular flexibility index (Phi) is 5.15. The molecule has 1 fully saturated rings. The van der Waals surface area contributed by atoms with Gasteiger partial charge in [0.2, 0.25) is 17.7 Å². The molecule has 30 heavy (non-hydrogen) atoms. The van der Waals surface area contributed by atoms with Gasteiger partial charge in [-0.3, -0.25) is 19.3 Å². The SMILES string of the molecule is COc1ccc(NC(=O)CCCN2C(=O)c3ccccc3N3C(=O)CCC23C)cn1. The van der Waals surface area contributed by atoms with Gasteiger partial charge in [-0.15, -0.1) is 0 Å². The predicted octanol–water partition coefficient (Wildman–Crippen LogP) is 2.81. The van der Waals surface area contributed by atoms with E-state index in [1.54, 1.807) is 34.1 Å². The Morgan fingerprint density at radius 1 is 1.23 bits per heavy atom. The first-order valence-electron chi connectivity index (χ1n) is 9.98. The van der Waals surface area contributed by atoms with Gasteiger partial charge in [-0.25, -0.2) is 4.98 Å². The molecule has 1 aromatic carbocycles. The van der Waals surface area contributed by atoms with Gasteiger partial charge in [-0.2, -0.15) is 0 Å². The highest BCUT2D eigenvalue weighted by Crippen LogP contribution is 2.44. The fourth-order valence-corrected chi connectivity index (χ4v) is 4.24. The molecule has 1 N–H and O–H groups in total. The van der Waals surface area contributed by atoms with Crippen LogP contribution < -0.4 is 15.0 Å². The molecular formula is C22H24N4O4. The first-order valence-corrected chi connectivity index (χ1v) is 9.98. The first kappa shape index (κ1) is 19.9. The molecule has 0 radical (unpaired) electrons. The molecule has 2 aliphatic heterocycles. The third-order valence-electron chi connectivity index (χ3n) is 5.76. The number of methoxy groups -OCH3 is 1. The molecular weight excluding hydrogens is 384 g/mol. The predicted molar refractivity (Wildman–Crippen MR) is 111 cm³/mol. The summed E-state index contributed by atoms with van der Waals surface area (Å²) >= 11 is 0. The van der Waals surface area contributed by atoms with Crippen LogP contribution >= 0.6 is 0 Å². The lowest BCUT2D eigenvalue weighted by molar-refractivity contribution is -0.118. The highest BCUT2D eigenvalue weighted by molar-refractivity contribution is 6.10. The summed E-state index contributed by atoms with van der Waals surface area (Å²) in [5.74, 6) is 0.239. The summed E-state index contributed by atoms with van der Waals surface area (Å²) in [4.78, 5) is 45.6. The minimum Gasteiger partial charge on any atom is -0.481 e. The fraction of sp³-hybridized carbons (Fsp3) is 0.364. The Labute approximate surface area is 174 Å². The number of amides is 3. The van der Waals surface area contributed by atoms with Crippen molar-refractivity contribution < 1.29 is 19.1 Å². The number of fused-ring (bicyclic) bond motifs is 3. The number of carbonyl (C=O) groups is 3. The number of pyridine rings is 1. The summed E-state index contributed by atoms with van der Waals surface area (Å²) in [7, 11) is 1.53. The van der Waals surface area contributed by atoms with E-state index in [2.05, 4.69) is 10.3 Å². The molecule has 3 heterocycles. The molecule has 2 aromatic rings. The van der Waals surface area contributed by atoms with Crippen molar-refractivity contribution in [2.75, 3.05) is 23.9 Å². The van der Waals surface area contributed by atoms with Crippen molar-refractivity contribution >= 4 is 29.1 Å². The molecule has 0 spiro atoms. The van der Waals surface area contributed by atoms with E-state index in [0.717, 1.165) is 0 Å². The summed E-state index contributed by atoms with van der Waals surface area (Å²) in [6.45, 7) is 2.32. The lowest BCUT2D eigenvalue weighted by atomic mass is 9.98. The van der Waals surface area contributed by atoms with Crippen LogP contribution in [0.3, 0.4) is 0 Å². The van der Waals surface area contributed by atoms with E-state index >= 15 is 0 Å². The monoisotopic (exact) mass is 408 g/mol. The quantitative estimate of drug-likeness (QED) is 0.794. The lowest BCUT2D eigenvalue weighted by Gasteiger charge is -2.48. The van der Waals surface area contributed by atoms with Crippen LogP contribution in [0.1, 0.15) is 43.0 Å². The maximum Gasteiger partial charge on any atom is 0.257 e. The minimum absolute atomic E-state index is 0.0206. The van der Waals surface area contributed by atoms with Crippen LogP contribution in [0.5, 0.6) is 5.88 Å². The zero-order chi connectivity index (χ0) is 21.3. The number of nitrogens with one attached hydrogen (secondary N) is 1. The molecule has 0 saturated carbocycles. The number of hydrogen-bond donors (Lipinski definition) is 1. The third kappa shape index (κ3) is 3.38. The number of hydrogen-bond acceptors (Lipinski definition) is 5. The van der Waals surface area contributed by atoms with Crippen LogP contribution in [0.2, 0.25) is 0 Å². The van der Waals surface area contributed by atoms with Crippen LogP contribution in [0.25, 0.3) is 0 Å². The summed E-state index contributed by atoms with van der Waals surface area (Å²) in [6.07, 6.45) is 3.25. The molecule has 1 saturated heterocycles. The molecule has 1 atom stereocenters. The van der Waals surface area contributed by atoms with Crippen molar-refractivity contribution in [3.8, 4) is 5.88 Å². The minimum atomic E-state index is -0.696. The number of ether oxygens (including phenoxy) is 1. The molecule has 0 bridgehead atoms. The number of benzene rings is 1. The van der Waals surface area contributed by atoms with Crippen LogP contribution in [0, 0.1) is 0 Å². The number of rotatable bonds is 6. The molecule has 4 rings (SSSR count). The van der Waals surface area contributed by atoms with E-state index in [1.807, 2.05) is 19.1 Å². The van der Waals surface area contributed by atoms with Gasteiger partial charge in [0.1, 0.15) is 5.66 Å². The first-order chi connectivity index (χ1) is 14.4. The van der Waals surface area contributed by atoms with Crippen molar-refractivity contribution in [3.05, 3.63) is 48.2 Å². The molecule has 8 heteroatoms. The van der Waals surface area contributed by atoms with Crippen molar-refractivity contribution in [1.82, 2.24) is 9.88 Å². The van der Waals surface area contributed by atoms with Gasteiger partial charge in [0.05, 0.1) is 30.2 Å². The topological polar surface area (TPSA) is 91.8 Å². The van der Waals surface area contributed by atoms with Gasteiger partial charge in [-0.1, -0.05) is 12.1 Å². The third-order valence-corrected chi connectivity index (χ3v) is 5.76.